The molecule has 4 aromatic rings. The summed E-state index contributed by atoms with van der Waals surface area (Å²) in [6.07, 6.45) is 20.8. The summed E-state index contributed by atoms with van der Waals surface area (Å²) in [6, 6.07) is 13.5. The third-order valence-corrected chi connectivity index (χ3v) is 13.8. The Labute approximate surface area is 487 Å². The predicted octanol–water partition coefficient (Wildman–Crippen LogP) is 15.0. The van der Waals surface area contributed by atoms with E-state index in [1.807, 2.05) is 0 Å². The molecule has 4 unspecified atom stereocenters. The van der Waals surface area contributed by atoms with Crippen LogP contribution < -0.4 is 18.9 Å². The van der Waals surface area contributed by atoms with Gasteiger partial charge < -0.3 is 48.1 Å². The zero-order valence-electron chi connectivity index (χ0n) is 50.4. The number of phenolic OH excluding ortho intramolecular Hbond substituents is 2. The molecule has 0 aliphatic rings. The van der Waals surface area contributed by atoms with E-state index < -0.39 is 48.3 Å². The summed E-state index contributed by atoms with van der Waals surface area (Å²) in [6.45, 7) is 16.0. The molecule has 4 atom stereocenters. The summed E-state index contributed by atoms with van der Waals surface area (Å²) in [5.74, 6) is -2.28. The second-order valence-electron chi connectivity index (χ2n) is 21.1. The van der Waals surface area contributed by atoms with Crippen LogP contribution in [0.1, 0.15) is 209 Å². The first-order valence-corrected chi connectivity index (χ1v) is 30.6. The van der Waals surface area contributed by atoms with Crippen LogP contribution in [0.4, 0.5) is 0 Å². The number of unbranched alkanes of at least 4 members (excludes halogenated alkanes) is 20. The average Bonchev–Trinajstić information content (AvgIpc) is 3.63. The molecule has 4 rings (SSSR count). The van der Waals surface area contributed by atoms with Crippen LogP contribution in [-0.2, 0) is 38.1 Å². The normalized spacial score (nSPS) is 12.6. The van der Waals surface area contributed by atoms with Crippen molar-refractivity contribution >= 4 is 23.9 Å². The van der Waals surface area contributed by atoms with Crippen LogP contribution in [0.3, 0.4) is 0 Å². The lowest BCUT2D eigenvalue weighted by Gasteiger charge is -2.19. The third-order valence-electron chi connectivity index (χ3n) is 13.8. The molecule has 0 radical (unpaired) electrons. The summed E-state index contributed by atoms with van der Waals surface area (Å²) in [7, 11) is 0. The zero-order chi connectivity index (χ0) is 59.5. The average molecular weight is 1140 g/mol. The number of hydrogen-bond acceptors (Lipinski definition) is 17. The highest BCUT2D eigenvalue weighted by molar-refractivity contribution is 5.79. The molecular formula is C65H95N3O14. The number of carbonyl (C=O) groups is 4. The number of benzene rings is 3. The van der Waals surface area contributed by atoms with Crippen LogP contribution in [-0.4, -0.2) is 99.9 Å². The molecule has 0 amide bonds. The Hall–Kier alpha value is -6.65. The summed E-state index contributed by atoms with van der Waals surface area (Å²) >= 11 is 0. The van der Waals surface area contributed by atoms with Gasteiger partial charge in [-0.3, -0.25) is 0 Å². The molecule has 2 N–H and O–H groups in total. The standard InChI is InChI=1S/C65H95N3O14/c1-9-13-17-21-25-29-39-75-62(71)46(5)79-50-33-36-53(56(69)43-50)59-66-60(54-37-34-51(44-57(54)70)80-47(6)63(72)76-40-30-26-22-18-14-10-2)68-61(67-59)55-38-35-52(81-48(7)64(73)77-41-31-27-23-19-15-11-3)45-58(55)82-49(8)65(74)78-42-32-28-24-20-16-12-4/h33-38,43-49,69-70H,9-32,39-42H2,1-8H3. The summed E-state index contributed by atoms with van der Waals surface area (Å²) in [4.78, 5) is 66.8. The maximum Gasteiger partial charge on any atom is 0.347 e. The minimum absolute atomic E-state index is 0.0106. The smallest absolute Gasteiger partial charge is 0.347 e. The predicted molar refractivity (Wildman–Crippen MR) is 317 cm³/mol. The highest BCUT2D eigenvalue weighted by Crippen LogP contribution is 2.39. The van der Waals surface area contributed by atoms with Crippen molar-refractivity contribution in [2.24, 2.45) is 0 Å². The number of ether oxygens (including phenoxy) is 8. The minimum Gasteiger partial charge on any atom is -0.507 e. The molecule has 0 aliphatic carbocycles. The Bertz CT molecular complexity index is 2420. The number of aromatic hydroxyl groups is 2. The molecule has 1 heterocycles. The Kier molecular flexibility index (Phi) is 32.2. The van der Waals surface area contributed by atoms with E-state index in [-0.39, 0.29) is 95.1 Å². The van der Waals surface area contributed by atoms with Crippen LogP contribution >= 0.6 is 0 Å². The Balaban J connectivity index is 1.71. The molecule has 82 heavy (non-hydrogen) atoms. The number of carbonyl (C=O) groups excluding carboxylic acids is 4. The van der Waals surface area contributed by atoms with Crippen LogP contribution in [0, 0.1) is 0 Å². The second kappa shape index (κ2) is 38.9. The van der Waals surface area contributed by atoms with Crippen molar-refractivity contribution in [2.45, 2.75) is 234 Å². The van der Waals surface area contributed by atoms with E-state index in [4.69, 9.17) is 52.8 Å². The summed E-state index contributed by atoms with van der Waals surface area (Å²) in [5, 5.41) is 23.3. The van der Waals surface area contributed by atoms with Crippen molar-refractivity contribution in [3.05, 3.63) is 54.6 Å². The van der Waals surface area contributed by atoms with Crippen molar-refractivity contribution in [1.82, 2.24) is 15.0 Å². The van der Waals surface area contributed by atoms with Gasteiger partial charge in [-0.15, -0.1) is 0 Å². The Morgan fingerprint density at radius 3 is 0.915 bits per heavy atom. The van der Waals surface area contributed by atoms with Crippen molar-refractivity contribution in [2.75, 3.05) is 26.4 Å². The monoisotopic (exact) mass is 1140 g/mol. The first-order chi connectivity index (χ1) is 39.7. The first kappa shape index (κ1) is 67.9. The molecule has 0 spiro atoms. The fourth-order valence-corrected chi connectivity index (χ4v) is 8.83. The number of nitrogens with zero attached hydrogens (tertiary/aromatic N) is 3. The van der Waals surface area contributed by atoms with Crippen LogP contribution in [0.15, 0.2) is 54.6 Å². The van der Waals surface area contributed by atoms with Crippen LogP contribution in [0.25, 0.3) is 34.2 Å². The molecule has 0 bridgehead atoms. The van der Waals surface area contributed by atoms with Gasteiger partial charge in [-0.25, -0.2) is 34.1 Å². The van der Waals surface area contributed by atoms with E-state index in [2.05, 4.69) is 27.7 Å². The molecule has 1 aromatic heterocycles. The van der Waals surface area contributed by atoms with E-state index >= 15 is 0 Å². The van der Waals surface area contributed by atoms with Crippen molar-refractivity contribution < 1.29 is 67.3 Å². The third kappa shape index (κ3) is 24.8. The Morgan fingerprint density at radius 1 is 0.354 bits per heavy atom. The van der Waals surface area contributed by atoms with E-state index in [1.54, 1.807) is 52.0 Å². The molecule has 17 heteroatoms. The van der Waals surface area contributed by atoms with Crippen molar-refractivity contribution in [3.63, 3.8) is 0 Å². The van der Waals surface area contributed by atoms with Gasteiger partial charge >= 0.3 is 23.9 Å². The lowest BCUT2D eigenvalue weighted by atomic mass is 10.1. The molecule has 3 aromatic carbocycles. The van der Waals surface area contributed by atoms with Crippen molar-refractivity contribution in [1.29, 1.82) is 0 Å². The topological polar surface area (TPSA) is 221 Å². The number of esters is 4. The van der Waals surface area contributed by atoms with Gasteiger partial charge in [0.2, 0.25) is 0 Å². The highest BCUT2D eigenvalue weighted by atomic mass is 16.6. The number of phenols is 2. The number of aromatic nitrogens is 3. The largest absolute Gasteiger partial charge is 0.507 e. The SMILES string of the molecule is CCCCCCCCOC(=O)C(C)Oc1ccc(-c2nc(-c3ccc(OC(C)C(=O)OCCCCCCCC)cc3O)nc(-c3ccc(OC(C)C(=O)OCCCCCCCC)cc3OC(C)C(=O)OCCCCCCCC)n2)c(O)c1. The Morgan fingerprint density at radius 2 is 0.610 bits per heavy atom. The van der Waals surface area contributed by atoms with Gasteiger partial charge in [-0.05, 0) is 89.8 Å². The van der Waals surface area contributed by atoms with Crippen LogP contribution in [0.2, 0.25) is 0 Å². The number of hydrogen-bond donors (Lipinski definition) is 2. The van der Waals surface area contributed by atoms with Crippen LogP contribution in [0.5, 0.6) is 34.5 Å². The summed E-state index contributed by atoms with van der Waals surface area (Å²) in [5.41, 5.74) is 0.503. The van der Waals surface area contributed by atoms with Gasteiger partial charge in [-0.2, -0.15) is 0 Å². The molecule has 0 saturated carbocycles. The fraction of sp³-hybridized carbons (Fsp3) is 0.615. The maximum atomic E-state index is 13.5. The van der Waals surface area contributed by atoms with Gasteiger partial charge in [-0.1, -0.05) is 156 Å². The number of rotatable bonds is 43. The highest BCUT2D eigenvalue weighted by Gasteiger charge is 2.26. The van der Waals surface area contributed by atoms with Gasteiger partial charge in [0.15, 0.2) is 41.9 Å². The fourth-order valence-electron chi connectivity index (χ4n) is 8.83. The quantitative estimate of drug-likeness (QED) is 0.0239. The molecule has 0 aliphatic heterocycles. The molecule has 0 fully saturated rings. The molecule has 0 saturated heterocycles. The van der Waals surface area contributed by atoms with Gasteiger partial charge in [0.05, 0.1) is 43.1 Å². The van der Waals surface area contributed by atoms with Gasteiger partial charge in [0, 0.05) is 18.2 Å². The second-order valence-corrected chi connectivity index (χ2v) is 21.1. The van der Waals surface area contributed by atoms with E-state index in [9.17, 15) is 29.4 Å². The van der Waals surface area contributed by atoms with Gasteiger partial charge in [0.1, 0.15) is 34.5 Å². The lowest BCUT2D eigenvalue weighted by molar-refractivity contribution is -0.152. The summed E-state index contributed by atoms with van der Waals surface area (Å²) < 4.78 is 46.5. The lowest BCUT2D eigenvalue weighted by Crippen LogP contribution is -2.27. The van der Waals surface area contributed by atoms with E-state index in [0.717, 1.165) is 128 Å². The van der Waals surface area contributed by atoms with E-state index in [1.165, 1.54) is 49.6 Å². The zero-order valence-corrected chi connectivity index (χ0v) is 50.4. The van der Waals surface area contributed by atoms with Crippen molar-refractivity contribution in [3.8, 4) is 68.7 Å². The molecule has 17 nitrogen and oxygen atoms in total. The maximum absolute atomic E-state index is 13.5. The van der Waals surface area contributed by atoms with Gasteiger partial charge in [0.25, 0.3) is 0 Å². The molecular weight excluding hydrogens is 1050 g/mol. The molecule has 454 valence electrons. The van der Waals surface area contributed by atoms with E-state index in [0.29, 0.717) is 6.42 Å². The first-order valence-electron chi connectivity index (χ1n) is 30.6. The minimum atomic E-state index is -1.13.